The smallest absolute Gasteiger partial charge is 0.245 e. The monoisotopic (exact) mass is 354 g/mol. The molecule has 2 heterocycles. The van der Waals surface area contributed by atoms with Crippen molar-refractivity contribution in [2.45, 2.75) is 42.7 Å². The Hall–Kier alpha value is -2.20. The molecule has 10 heteroatoms. The minimum Gasteiger partial charge on any atom is -0.480 e. The lowest BCUT2D eigenvalue weighted by Crippen LogP contribution is -2.39. The Balaban J connectivity index is 1.52. The Morgan fingerprint density at radius 3 is 2.58 bits per heavy atom. The van der Waals surface area contributed by atoms with E-state index in [1.54, 1.807) is 0 Å². The fourth-order valence-electron chi connectivity index (χ4n) is 2.57. The number of sulfonamides is 1. The Kier molecular flexibility index (Phi) is 4.95. The maximum atomic E-state index is 12.1. The van der Waals surface area contributed by atoms with Gasteiger partial charge in [-0.25, -0.2) is 13.1 Å². The Bertz CT molecular complexity index is 757. The van der Waals surface area contributed by atoms with Crippen molar-refractivity contribution in [2.24, 2.45) is 0 Å². The number of ether oxygens (including phenoxy) is 2. The zero-order valence-electron chi connectivity index (χ0n) is 13.1. The highest BCUT2D eigenvalue weighted by atomic mass is 32.2. The number of aromatic nitrogens is 3. The molecule has 130 valence electrons. The summed E-state index contributed by atoms with van der Waals surface area (Å²) in [6, 6.07) is -0.138. The van der Waals surface area contributed by atoms with Gasteiger partial charge in [-0.2, -0.15) is 4.98 Å². The molecule has 0 aromatic carbocycles. The third-order valence-electron chi connectivity index (χ3n) is 3.80. The highest BCUT2D eigenvalue weighted by Gasteiger charge is 2.27. The van der Waals surface area contributed by atoms with Crippen LogP contribution in [-0.4, -0.2) is 42.8 Å². The van der Waals surface area contributed by atoms with E-state index in [-0.39, 0.29) is 17.0 Å². The predicted octanol–water partition coefficient (Wildman–Crippen LogP) is 1.14. The fourth-order valence-corrected chi connectivity index (χ4v) is 3.73. The molecule has 1 aliphatic carbocycles. The first-order valence-corrected chi connectivity index (χ1v) is 8.99. The number of nitrogens with zero attached hydrogens (tertiary/aromatic N) is 3. The number of nitrogens with one attached hydrogen (secondary N) is 1. The zero-order chi connectivity index (χ0) is 17.0. The van der Waals surface area contributed by atoms with Crippen molar-refractivity contribution in [2.75, 3.05) is 7.11 Å². The molecule has 2 aromatic heterocycles. The van der Waals surface area contributed by atoms with Crippen molar-refractivity contribution in [3.63, 3.8) is 0 Å². The SMILES string of the molecule is COc1cncc(OC2CCC(NS(=O)(=O)c3cnoc3)CC2)n1. The van der Waals surface area contributed by atoms with Crippen LogP contribution in [0.3, 0.4) is 0 Å². The van der Waals surface area contributed by atoms with Crippen LogP contribution in [0.1, 0.15) is 25.7 Å². The summed E-state index contributed by atoms with van der Waals surface area (Å²) in [7, 11) is -2.07. The van der Waals surface area contributed by atoms with E-state index < -0.39 is 10.0 Å². The molecule has 24 heavy (non-hydrogen) atoms. The molecule has 0 spiro atoms. The van der Waals surface area contributed by atoms with Crippen LogP contribution < -0.4 is 14.2 Å². The second kappa shape index (κ2) is 7.14. The molecule has 0 atom stereocenters. The first-order valence-electron chi connectivity index (χ1n) is 7.51. The fraction of sp³-hybridized carbons (Fsp3) is 0.500. The summed E-state index contributed by atoms with van der Waals surface area (Å²) in [5.74, 6) is 0.797. The van der Waals surface area contributed by atoms with Crippen molar-refractivity contribution < 1.29 is 22.4 Å². The lowest BCUT2D eigenvalue weighted by Gasteiger charge is -2.28. The van der Waals surface area contributed by atoms with Crippen LogP contribution in [-0.2, 0) is 10.0 Å². The summed E-state index contributed by atoms with van der Waals surface area (Å²) in [6.45, 7) is 0. The van der Waals surface area contributed by atoms with Gasteiger partial charge in [0.25, 0.3) is 0 Å². The van der Waals surface area contributed by atoms with Crippen LogP contribution >= 0.6 is 0 Å². The third-order valence-corrected chi connectivity index (χ3v) is 5.27. The normalized spacial score (nSPS) is 21.4. The van der Waals surface area contributed by atoms with Gasteiger partial charge >= 0.3 is 0 Å². The lowest BCUT2D eigenvalue weighted by atomic mass is 9.94. The van der Waals surface area contributed by atoms with Gasteiger partial charge in [0, 0.05) is 6.04 Å². The summed E-state index contributed by atoms with van der Waals surface area (Å²) < 4.78 is 42.3. The second-order valence-corrected chi connectivity index (χ2v) is 7.19. The number of hydrogen-bond acceptors (Lipinski definition) is 8. The van der Waals surface area contributed by atoms with Crippen molar-refractivity contribution >= 4 is 10.0 Å². The Labute approximate surface area is 139 Å². The van der Waals surface area contributed by atoms with E-state index in [9.17, 15) is 8.42 Å². The molecule has 1 saturated carbocycles. The Morgan fingerprint density at radius 2 is 1.92 bits per heavy atom. The van der Waals surface area contributed by atoms with Crippen LogP contribution in [0.25, 0.3) is 0 Å². The summed E-state index contributed by atoms with van der Waals surface area (Å²) in [5.41, 5.74) is 0. The largest absolute Gasteiger partial charge is 0.480 e. The molecule has 0 unspecified atom stereocenters. The van der Waals surface area contributed by atoms with Crippen molar-refractivity contribution in [1.29, 1.82) is 0 Å². The average Bonchev–Trinajstić information content (AvgIpc) is 3.12. The minimum atomic E-state index is -3.59. The van der Waals surface area contributed by atoms with Crippen LogP contribution in [0.5, 0.6) is 11.8 Å². The first-order chi connectivity index (χ1) is 11.6. The molecule has 2 aromatic rings. The van der Waals surface area contributed by atoms with E-state index in [2.05, 4.69) is 24.4 Å². The first kappa shape index (κ1) is 16.7. The molecule has 1 aliphatic rings. The molecule has 1 fully saturated rings. The summed E-state index contributed by atoms with van der Waals surface area (Å²) >= 11 is 0. The van der Waals surface area contributed by atoms with E-state index in [0.717, 1.165) is 19.1 Å². The van der Waals surface area contributed by atoms with Crippen LogP contribution in [0.4, 0.5) is 0 Å². The molecule has 3 rings (SSSR count). The van der Waals surface area contributed by atoms with Gasteiger partial charge in [0.05, 0.1) is 25.7 Å². The van der Waals surface area contributed by atoms with Gasteiger partial charge in [-0.05, 0) is 25.7 Å². The molecule has 0 aliphatic heterocycles. The molecule has 0 saturated heterocycles. The summed E-state index contributed by atoms with van der Waals surface area (Å²) in [4.78, 5) is 8.19. The Morgan fingerprint density at radius 1 is 1.17 bits per heavy atom. The molecule has 0 bridgehead atoms. The quantitative estimate of drug-likeness (QED) is 0.821. The van der Waals surface area contributed by atoms with Crippen LogP contribution in [0.2, 0.25) is 0 Å². The third kappa shape index (κ3) is 4.01. The van der Waals surface area contributed by atoms with E-state index in [4.69, 9.17) is 9.47 Å². The van der Waals surface area contributed by atoms with E-state index in [0.29, 0.717) is 24.6 Å². The van der Waals surface area contributed by atoms with E-state index >= 15 is 0 Å². The highest BCUT2D eigenvalue weighted by Crippen LogP contribution is 2.24. The maximum Gasteiger partial charge on any atom is 0.245 e. The molecular formula is C14H18N4O5S. The minimum absolute atomic E-state index is 0.0252. The van der Waals surface area contributed by atoms with Gasteiger partial charge in [-0.1, -0.05) is 5.16 Å². The number of hydrogen-bond donors (Lipinski definition) is 1. The van der Waals surface area contributed by atoms with Crippen molar-refractivity contribution in [3.05, 3.63) is 24.9 Å². The predicted molar refractivity (Wildman–Crippen MR) is 82.1 cm³/mol. The maximum absolute atomic E-state index is 12.1. The van der Waals surface area contributed by atoms with Crippen molar-refractivity contribution in [3.8, 4) is 11.8 Å². The van der Waals surface area contributed by atoms with Gasteiger partial charge in [-0.15, -0.1) is 0 Å². The van der Waals surface area contributed by atoms with Gasteiger partial charge in [0.2, 0.25) is 21.8 Å². The summed E-state index contributed by atoms with van der Waals surface area (Å²) in [5, 5.41) is 3.42. The molecule has 0 amide bonds. The average molecular weight is 354 g/mol. The lowest BCUT2D eigenvalue weighted by molar-refractivity contribution is 0.136. The van der Waals surface area contributed by atoms with Crippen molar-refractivity contribution in [1.82, 2.24) is 19.8 Å². The van der Waals surface area contributed by atoms with E-state index in [1.807, 2.05) is 0 Å². The number of methoxy groups -OCH3 is 1. The standard InChI is InChI=1S/C14H18N4O5S/c1-21-13-7-15-8-14(17-13)23-11-4-2-10(3-5-11)18-24(19,20)12-6-16-22-9-12/h6-11,18H,2-5H2,1H3. The van der Waals surface area contributed by atoms with Gasteiger partial charge < -0.3 is 14.0 Å². The highest BCUT2D eigenvalue weighted by molar-refractivity contribution is 7.89. The van der Waals surface area contributed by atoms with Gasteiger partial charge in [0.15, 0.2) is 0 Å². The summed E-state index contributed by atoms with van der Waals surface area (Å²) in [6.07, 6.45) is 8.08. The molecule has 0 radical (unpaired) electrons. The molecule has 9 nitrogen and oxygen atoms in total. The number of rotatable bonds is 6. The van der Waals surface area contributed by atoms with Crippen LogP contribution in [0.15, 0.2) is 34.3 Å². The molecular weight excluding hydrogens is 336 g/mol. The van der Waals surface area contributed by atoms with E-state index in [1.165, 1.54) is 25.7 Å². The molecule has 1 N–H and O–H groups in total. The van der Waals surface area contributed by atoms with Gasteiger partial charge in [-0.3, -0.25) is 4.98 Å². The van der Waals surface area contributed by atoms with Gasteiger partial charge in [0.1, 0.15) is 17.3 Å². The zero-order valence-corrected chi connectivity index (χ0v) is 13.9. The van der Waals surface area contributed by atoms with Crippen LogP contribution in [0, 0.1) is 0 Å². The second-order valence-electron chi connectivity index (χ2n) is 5.47. The topological polar surface area (TPSA) is 116 Å².